The first-order chi connectivity index (χ1) is 13.6. The summed E-state index contributed by atoms with van der Waals surface area (Å²) in [5.74, 6) is -0.0581. The zero-order valence-corrected chi connectivity index (χ0v) is 16.5. The molecule has 2 saturated heterocycles. The molecule has 3 aliphatic rings. The van der Waals surface area contributed by atoms with Crippen LogP contribution in [-0.2, 0) is 15.7 Å². The summed E-state index contributed by atoms with van der Waals surface area (Å²) >= 11 is 0. The molecule has 1 saturated carbocycles. The number of fused-ring (bicyclic) bond motifs is 1. The number of carbonyl (C=O) groups is 2. The van der Waals surface area contributed by atoms with Crippen molar-refractivity contribution in [2.45, 2.75) is 38.8 Å². The smallest absolute Gasteiger partial charge is 0.416 e. The third-order valence-corrected chi connectivity index (χ3v) is 6.90. The van der Waals surface area contributed by atoms with Crippen molar-refractivity contribution in [1.82, 2.24) is 10.2 Å². The Balaban J connectivity index is 1.46. The molecule has 0 aromatic heterocycles. The number of nitrogens with one attached hydrogen (secondary N) is 1. The molecule has 29 heavy (non-hydrogen) atoms. The van der Waals surface area contributed by atoms with Gasteiger partial charge in [-0.3, -0.25) is 4.79 Å². The van der Waals surface area contributed by atoms with Crippen molar-refractivity contribution in [2.75, 3.05) is 26.2 Å². The van der Waals surface area contributed by atoms with E-state index in [0.717, 1.165) is 11.6 Å². The van der Waals surface area contributed by atoms with Gasteiger partial charge in [0.15, 0.2) is 0 Å². The van der Waals surface area contributed by atoms with Gasteiger partial charge in [-0.1, -0.05) is 19.1 Å². The Kier molecular flexibility index (Phi) is 4.78. The van der Waals surface area contributed by atoms with Crippen LogP contribution in [0.4, 0.5) is 18.0 Å². The summed E-state index contributed by atoms with van der Waals surface area (Å²) in [6, 6.07) is 4.39. The standard InChI is InChI=1S/C21H25F3N2O3/c1-12-14(6-3-7-15(12)21(22,23)24)17-16-10-26(11-20(16,17)2)18(27)13-5-4-8-29-19(28)25-9-13/h3,6-7,13,16-17H,4-5,8-11H2,1-2H3,(H,25,28)/t13-,16+,17+,20+/m1/s1. The first kappa shape index (κ1) is 20.0. The molecule has 1 aromatic carbocycles. The number of alkyl halides is 3. The summed E-state index contributed by atoms with van der Waals surface area (Å²) < 4.78 is 44.7. The molecule has 3 fully saturated rings. The van der Waals surface area contributed by atoms with E-state index in [9.17, 15) is 22.8 Å². The molecule has 1 aliphatic carbocycles. The van der Waals surface area contributed by atoms with E-state index in [1.54, 1.807) is 6.07 Å². The number of ether oxygens (including phenoxy) is 1. The Morgan fingerprint density at radius 2 is 2.10 bits per heavy atom. The average molecular weight is 410 g/mol. The van der Waals surface area contributed by atoms with Gasteiger partial charge in [-0.2, -0.15) is 13.2 Å². The number of cyclic esters (lactones) is 1. The largest absolute Gasteiger partial charge is 0.450 e. The maximum absolute atomic E-state index is 13.3. The van der Waals surface area contributed by atoms with Gasteiger partial charge in [0.25, 0.3) is 0 Å². The first-order valence-electron chi connectivity index (χ1n) is 9.99. The van der Waals surface area contributed by atoms with Gasteiger partial charge in [-0.05, 0) is 54.2 Å². The quantitative estimate of drug-likeness (QED) is 0.809. The van der Waals surface area contributed by atoms with Gasteiger partial charge in [0, 0.05) is 19.6 Å². The zero-order chi connectivity index (χ0) is 21.0. The number of hydrogen-bond acceptors (Lipinski definition) is 3. The summed E-state index contributed by atoms with van der Waals surface area (Å²) in [5, 5.41) is 2.62. The van der Waals surface area contributed by atoms with E-state index in [0.29, 0.717) is 38.1 Å². The fourth-order valence-corrected chi connectivity index (χ4v) is 5.26. The van der Waals surface area contributed by atoms with Crippen LogP contribution in [0.15, 0.2) is 18.2 Å². The second-order valence-corrected chi connectivity index (χ2v) is 8.68. The SMILES string of the molecule is Cc1c([C@H]2[C@@H]3CN(C(=O)[C@@H]4CCCOC(=O)NC4)C[C@@]32C)cccc1C(F)(F)F. The molecule has 5 nitrogen and oxygen atoms in total. The van der Waals surface area contributed by atoms with Crippen LogP contribution < -0.4 is 5.32 Å². The normalized spacial score (nSPS) is 32.0. The van der Waals surface area contributed by atoms with Gasteiger partial charge in [-0.15, -0.1) is 0 Å². The summed E-state index contributed by atoms with van der Waals surface area (Å²) in [5.41, 5.74) is 0.263. The predicted molar refractivity (Wildman–Crippen MR) is 99.2 cm³/mol. The molecule has 2 amide bonds. The molecule has 2 aliphatic heterocycles. The Morgan fingerprint density at radius 3 is 2.76 bits per heavy atom. The summed E-state index contributed by atoms with van der Waals surface area (Å²) in [6.45, 7) is 5.24. The minimum absolute atomic E-state index is 0.0140. The van der Waals surface area contributed by atoms with E-state index >= 15 is 0 Å². The summed E-state index contributed by atoms with van der Waals surface area (Å²) in [4.78, 5) is 26.2. The lowest BCUT2D eigenvalue weighted by Gasteiger charge is -2.28. The van der Waals surface area contributed by atoms with E-state index in [-0.39, 0.29) is 35.6 Å². The minimum Gasteiger partial charge on any atom is -0.450 e. The molecule has 0 radical (unpaired) electrons. The number of hydrogen-bond donors (Lipinski definition) is 1. The lowest BCUT2D eigenvalue weighted by molar-refractivity contribution is -0.138. The van der Waals surface area contributed by atoms with Crippen molar-refractivity contribution in [3.05, 3.63) is 34.9 Å². The molecule has 4 atom stereocenters. The predicted octanol–water partition coefficient (Wildman–Crippen LogP) is 3.71. The van der Waals surface area contributed by atoms with E-state index in [4.69, 9.17) is 4.74 Å². The number of alkyl carbamates (subject to hydrolysis) is 1. The van der Waals surface area contributed by atoms with Crippen LogP contribution in [0.3, 0.4) is 0 Å². The van der Waals surface area contributed by atoms with Gasteiger partial charge >= 0.3 is 12.3 Å². The Labute approximate surface area is 167 Å². The molecule has 1 aromatic rings. The van der Waals surface area contributed by atoms with Gasteiger partial charge in [-0.25, -0.2) is 4.79 Å². The monoisotopic (exact) mass is 410 g/mol. The summed E-state index contributed by atoms with van der Waals surface area (Å²) in [7, 11) is 0. The van der Waals surface area contributed by atoms with Gasteiger partial charge in [0.1, 0.15) is 0 Å². The average Bonchev–Trinajstić information content (AvgIpc) is 3.02. The third-order valence-electron chi connectivity index (χ3n) is 6.90. The van der Waals surface area contributed by atoms with Crippen LogP contribution in [0, 0.1) is 24.2 Å². The van der Waals surface area contributed by atoms with E-state index in [1.807, 2.05) is 4.90 Å². The van der Waals surface area contributed by atoms with Crippen molar-refractivity contribution >= 4 is 12.0 Å². The number of amides is 2. The van der Waals surface area contributed by atoms with Crippen molar-refractivity contribution < 1.29 is 27.5 Å². The highest BCUT2D eigenvalue weighted by atomic mass is 19.4. The Bertz CT molecular complexity index is 841. The highest BCUT2D eigenvalue weighted by Gasteiger charge is 2.67. The van der Waals surface area contributed by atoms with Crippen molar-refractivity contribution in [3.8, 4) is 0 Å². The van der Waals surface area contributed by atoms with E-state index < -0.39 is 17.8 Å². The minimum atomic E-state index is -4.36. The van der Waals surface area contributed by atoms with Crippen LogP contribution in [0.5, 0.6) is 0 Å². The lowest BCUT2D eigenvalue weighted by atomic mass is 9.93. The van der Waals surface area contributed by atoms with Gasteiger partial charge in [0.2, 0.25) is 5.91 Å². The topological polar surface area (TPSA) is 58.6 Å². The second kappa shape index (κ2) is 6.92. The molecule has 158 valence electrons. The second-order valence-electron chi connectivity index (χ2n) is 8.68. The maximum atomic E-state index is 13.3. The van der Waals surface area contributed by atoms with Gasteiger partial charge in [0.05, 0.1) is 18.1 Å². The number of likely N-dealkylation sites (tertiary alicyclic amines) is 1. The van der Waals surface area contributed by atoms with E-state index in [2.05, 4.69) is 12.2 Å². The number of rotatable bonds is 2. The number of nitrogens with zero attached hydrogens (tertiary/aromatic N) is 1. The van der Waals surface area contributed by atoms with E-state index in [1.165, 1.54) is 13.0 Å². The first-order valence-corrected chi connectivity index (χ1v) is 9.99. The van der Waals surface area contributed by atoms with Gasteiger partial charge < -0.3 is 15.0 Å². The number of benzene rings is 1. The third kappa shape index (κ3) is 3.46. The van der Waals surface area contributed by atoms with Crippen molar-refractivity contribution in [3.63, 3.8) is 0 Å². The number of piperidine rings is 1. The molecule has 4 rings (SSSR count). The molecular weight excluding hydrogens is 385 g/mol. The van der Waals surface area contributed by atoms with Crippen LogP contribution in [0.1, 0.15) is 42.4 Å². The molecule has 0 bridgehead atoms. The number of carbonyl (C=O) groups excluding carboxylic acids is 2. The molecule has 2 heterocycles. The highest BCUT2D eigenvalue weighted by molar-refractivity contribution is 5.81. The van der Waals surface area contributed by atoms with Crippen LogP contribution >= 0.6 is 0 Å². The fourth-order valence-electron chi connectivity index (χ4n) is 5.26. The maximum Gasteiger partial charge on any atom is 0.416 e. The summed E-state index contributed by atoms with van der Waals surface area (Å²) in [6.07, 6.45) is -3.57. The number of halogens is 3. The highest BCUT2D eigenvalue weighted by Crippen LogP contribution is 2.69. The molecule has 8 heteroatoms. The van der Waals surface area contributed by atoms with Crippen molar-refractivity contribution in [2.24, 2.45) is 17.3 Å². The Morgan fingerprint density at radius 1 is 1.34 bits per heavy atom. The zero-order valence-electron chi connectivity index (χ0n) is 16.5. The van der Waals surface area contributed by atoms with Crippen LogP contribution in [0.2, 0.25) is 0 Å². The Hall–Kier alpha value is -2.25. The lowest BCUT2D eigenvalue weighted by Crippen LogP contribution is -2.43. The van der Waals surface area contributed by atoms with Crippen molar-refractivity contribution in [1.29, 1.82) is 0 Å². The molecule has 0 unspecified atom stereocenters. The van der Waals surface area contributed by atoms with Crippen LogP contribution in [0.25, 0.3) is 0 Å². The fraction of sp³-hybridized carbons (Fsp3) is 0.619. The molecular formula is C21H25F3N2O3. The molecule has 1 N–H and O–H groups in total. The molecule has 0 spiro atoms. The van der Waals surface area contributed by atoms with Crippen LogP contribution in [-0.4, -0.2) is 43.1 Å².